The Morgan fingerprint density at radius 3 is 2.17 bits per heavy atom. The molecule has 41 heavy (non-hydrogen) atoms. The Bertz CT molecular complexity index is 1200. The predicted molar refractivity (Wildman–Crippen MR) is 154 cm³/mol. The van der Waals surface area contributed by atoms with E-state index in [1.54, 1.807) is 0 Å². The molecule has 5 rings (SSSR count). The van der Waals surface area contributed by atoms with Gasteiger partial charge in [0.15, 0.2) is 5.78 Å². The van der Waals surface area contributed by atoms with Crippen LogP contribution in [0.25, 0.3) is 0 Å². The number of hydrogen-bond acceptors (Lipinski definition) is 5. The van der Waals surface area contributed by atoms with E-state index in [1.165, 1.54) is 5.57 Å². The van der Waals surface area contributed by atoms with Crippen molar-refractivity contribution in [3.63, 3.8) is 0 Å². The molecule has 7 heteroatoms. The van der Waals surface area contributed by atoms with Crippen molar-refractivity contribution >= 4 is 23.7 Å². The Morgan fingerprint density at radius 2 is 1.54 bits per heavy atom. The fourth-order valence-corrected chi connectivity index (χ4v) is 11.0. The van der Waals surface area contributed by atoms with Gasteiger partial charge in [-0.25, -0.2) is 0 Å². The summed E-state index contributed by atoms with van der Waals surface area (Å²) in [5, 5.41) is 19.1. The summed E-state index contributed by atoms with van der Waals surface area (Å²) in [7, 11) is 0. The molecule has 0 heterocycles. The topological polar surface area (TPSA) is 118 Å². The molecule has 4 saturated carbocycles. The van der Waals surface area contributed by atoms with Gasteiger partial charge in [0.25, 0.3) is 0 Å². The van der Waals surface area contributed by atoms with Crippen molar-refractivity contribution < 1.29 is 34.1 Å². The van der Waals surface area contributed by atoms with Crippen LogP contribution in [-0.2, 0) is 23.9 Å². The van der Waals surface area contributed by atoms with Crippen LogP contribution >= 0.6 is 0 Å². The lowest BCUT2D eigenvalue weighted by Crippen LogP contribution is -2.66. The molecule has 2 N–H and O–H groups in total. The van der Waals surface area contributed by atoms with E-state index in [0.29, 0.717) is 19.3 Å². The van der Waals surface area contributed by atoms with E-state index in [0.717, 1.165) is 38.5 Å². The van der Waals surface area contributed by atoms with Crippen LogP contribution in [0.2, 0.25) is 0 Å². The van der Waals surface area contributed by atoms with Crippen molar-refractivity contribution in [2.24, 2.45) is 50.2 Å². The van der Waals surface area contributed by atoms with Crippen LogP contribution < -0.4 is 0 Å². The SMILES string of the molecule is CC12CC[C@](C)(C(=O)O)CC1C1=CC(=O)[C@@H]3C4(C)CC[C@H](OC(=O)CCC(=O)O)C(C)(C)[C@@H]4CCC3(C)[C@]1(C)CC2. The van der Waals surface area contributed by atoms with E-state index < -0.39 is 23.3 Å². The minimum atomic E-state index is -1.01. The first-order valence-electron chi connectivity index (χ1n) is 15.7. The summed E-state index contributed by atoms with van der Waals surface area (Å²) < 4.78 is 5.91. The van der Waals surface area contributed by atoms with Crippen LogP contribution in [0, 0.1) is 50.2 Å². The highest BCUT2D eigenvalue weighted by Crippen LogP contribution is 2.75. The van der Waals surface area contributed by atoms with Gasteiger partial charge < -0.3 is 14.9 Å². The first kappa shape index (κ1) is 30.3. The third-order valence-electron chi connectivity index (χ3n) is 13.8. The Hall–Kier alpha value is -2.18. The molecule has 5 aliphatic carbocycles. The van der Waals surface area contributed by atoms with Gasteiger partial charge in [0.2, 0.25) is 0 Å². The normalized spacial score (nSPS) is 46.6. The van der Waals surface area contributed by atoms with E-state index in [-0.39, 0.29) is 69.6 Å². The van der Waals surface area contributed by atoms with Crippen LogP contribution in [0.3, 0.4) is 0 Å². The van der Waals surface area contributed by atoms with E-state index in [1.807, 2.05) is 13.0 Å². The van der Waals surface area contributed by atoms with E-state index in [9.17, 15) is 24.3 Å². The zero-order valence-electron chi connectivity index (χ0n) is 26.1. The van der Waals surface area contributed by atoms with Crippen LogP contribution in [0.4, 0.5) is 0 Å². The second-order valence-corrected chi connectivity index (χ2v) is 16.3. The average Bonchev–Trinajstić information content (AvgIpc) is 2.86. The molecule has 0 aromatic heterocycles. The molecular weight excluding hydrogens is 520 g/mol. The second kappa shape index (κ2) is 9.41. The Morgan fingerprint density at radius 1 is 0.878 bits per heavy atom. The molecule has 0 aromatic carbocycles. The number of allylic oxidation sites excluding steroid dienone is 2. The largest absolute Gasteiger partial charge is 0.481 e. The monoisotopic (exact) mass is 570 g/mol. The van der Waals surface area contributed by atoms with Crippen molar-refractivity contribution in [2.75, 3.05) is 0 Å². The molecule has 0 bridgehead atoms. The fourth-order valence-electron chi connectivity index (χ4n) is 11.0. The molecule has 228 valence electrons. The number of carbonyl (C=O) groups is 4. The molecule has 5 aliphatic rings. The third-order valence-corrected chi connectivity index (χ3v) is 13.8. The molecule has 7 nitrogen and oxygen atoms in total. The maximum Gasteiger partial charge on any atom is 0.309 e. The summed E-state index contributed by atoms with van der Waals surface area (Å²) in [6, 6.07) is 0. The molecule has 0 amide bonds. The van der Waals surface area contributed by atoms with Crippen molar-refractivity contribution in [1.29, 1.82) is 0 Å². The number of aliphatic carboxylic acids is 2. The Labute approximate surface area is 244 Å². The summed E-state index contributed by atoms with van der Waals surface area (Å²) >= 11 is 0. The van der Waals surface area contributed by atoms with Gasteiger partial charge in [-0.15, -0.1) is 0 Å². The van der Waals surface area contributed by atoms with Crippen molar-refractivity contribution in [1.82, 2.24) is 0 Å². The van der Waals surface area contributed by atoms with Crippen molar-refractivity contribution in [2.45, 2.75) is 125 Å². The highest BCUT2D eigenvalue weighted by atomic mass is 16.5. The van der Waals surface area contributed by atoms with Gasteiger partial charge in [0.05, 0.1) is 18.3 Å². The standard InChI is InChI=1S/C34H50O7/c1-29(2)23-10-13-34(7)27(32(23,5)12-11-24(29)41-26(38)9-8-25(36)37)22(35)18-20-21-19-31(4,28(39)40)15-14-30(21,3)16-17-33(20,34)6/h18,21,23-24,27H,8-17,19H2,1-7H3,(H,36,37)(H,39,40)/t21?,23-,24-,27+,30?,31-,32?,33+,34?/m0/s1. The lowest BCUT2D eigenvalue weighted by Gasteiger charge is -2.70. The predicted octanol–water partition coefficient (Wildman–Crippen LogP) is 6.83. The number of ketones is 1. The molecule has 0 aliphatic heterocycles. The number of ether oxygens (including phenoxy) is 1. The Balaban J connectivity index is 1.49. The molecule has 0 spiro atoms. The van der Waals surface area contributed by atoms with Crippen LogP contribution in [0.1, 0.15) is 119 Å². The average molecular weight is 571 g/mol. The number of carboxylic acids is 2. The van der Waals surface area contributed by atoms with Gasteiger partial charge in [-0.1, -0.05) is 47.1 Å². The molecule has 9 atom stereocenters. The van der Waals surface area contributed by atoms with Crippen LogP contribution in [-0.4, -0.2) is 40.0 Å². The number of carboxylic acid groups (broad SMARTS) is 2. The molecule has 4 fully saturated rings. The highest BCUT2D eigenvalue weighted by molar-refractivity contribution is 5.95. The summed E-state index contributed by atoms with van der Waals surface area (Å²) in [4.78, 5) is 50.3. The third kappa shape index (κ3) is 4.25. The van der Waals surface area contributed by atoms with Crippen molar-refractivity contribution in [3.8, 4) is 0 Å². The molecule has 0 radical (unpaired) electrons. The van der Waals surface area contributed by atoms with Gasteiger partial charge >= 0.3 is 17.9 Å². The first-order valence-corrected chi connectivity index (χ1v) is 15.7. The van der Waals surface area contributed by atoms with Gasteiger partial charge in [-0.2, -0.15) is 0 Å². The number of hydrogen-bond donors (Lipinski definition) is 2. The van der Waals surface area contributed by atoms with E-state index in [4.69, 9.17) is 9.84 Å². The fraction of sp³-hybridized carbons (Fsp3) is 0.824. The molecule has 4 unspecified atom stereocenters. The molecule has 0 aromatic rings. The van der Waals surface area contributed by atoms with E-state index >= 15 is 0 Å². The minimum absolute atomic E-state index is 0.0233. The van der Waals surface area contributed by atoms with Crippen molar-refractivity contribution in [3.05, 3.63) is 11.6 Å². The minimum Gasteiger partial charge on any atom is -0.481 e. The quantitative estimate of drug-likeness (QED) is 0.348. The molecular formula is C34H50O7. The molecule has 0 saturated heterocycles. The van der Waals surface area contributed by atoms with Gasteiger partial charge in [-0.05, 0) is 104 Å². The number of rotatable bonds is 5. The van der Waals surface area contributed by atoms with Gasteiger partial charge in [0, 0.05) is 11.3 Å². The summed E-state index contributed by atoms with van der Waals surface area (Å²) in [6.45, 7) is 15.5. The maximum absolute atomic E-state index is 14.5. The first-order chi connectivity index (χ1) is 18.8. The number of carbonyl (C=O) groups excluding carboxylic acids is 2. The number of fused-ring (bicyclic) bond motifs is 7. The summed E-state index contributed by atoms with van der Waals surface area (Å²) in [5.74, 6) is -1.87. The summed E-state index contributed by atoms with van der Waals surface area (Å²) in [6.07, 6.45) is 8.80. The zero-order chi connectivity index (χ0) is 30.4. The van der Waals surface area contributed by atoms with E-state index in [2.05, 4.69) is 41.5 Å². The van der Waals surface area contributed by atoms with Gasteiger partial charge in [0.1, 0.15) is 6.10 Å². The Kier molecular flexibility index (Phi) is 6.95. The lowest BCUT2D eigenvalue weighted by atomic mass is 9.33. The second-order valence-electron chi connectivity index (χ2n) is 16.3. The summed E-state index contributed by atoms with van der Waals surface area (Å²) in [5.41, 5.74) is -0.553. The zero-order valence-corrected chi connectivity index (χ0v) is 26.1. The maximum atomic E-state index is 14.5. The van der Waals surface area contributed by atoms with Crippen LogP contribution in [0.15, 0.2) is 11.6 Å². The van der Waals surface area contributed by atoms with Crippen LogP contribution in [0.5, 0.6) is 0 Å². The smallest absolute Gasteiger partial charge is 0.309 e. The highest BCUT2D eigenvalue weighted by Gasteiger charge is 2.70. The number of esters is 1. The van der Waals surface area contributed by atoms with Gasteiger partial charge in [-0.3, -0.25) is 19.2 Å². The lowest BCUT2D eigenvalue weighted by molar-refractivity contribution is -0.211.